The molecule has 5 nitrogen and oxygen atoms in total. The van der Waals surface area contributed by atoms with Crippen LogP contribution in [0.4, 0.5) is 5.69 Å². The van der Waals surface area contributed by atoms with E-state index in [-0.39, 0.29) is 12.1 Å². The van der Waals surface area contributed by atoms with Gasteiger partial charge >= 0.3 is 5.97 Å². The van der Waals surface area contributed by atoms with Crippen LogP contribution in [0.5, 0.6) is 0 Å². The third kappa shape index (κ3) is 3.30. The fraction of sp³-hybridized carbons (Fsp3) is 0.316. The minimum Gasteiger partial charge on any atom is -0.481 e. The molecule has 0 fully saturated rings. The van der Waals surface area contributed by atoms with Crippen LogP contribution >= 0.6 is 0 Å². The van der Waals surface area contributed by atoms with Crippen molar-refractivity contribution in [3.05, 3.63) is 74.8 Å². The first kappa shape index (κ1) is 16.2. The molecule has 1 aliphatic rings. The van der Waals surface area contributed by atoms with Gasteiger partial charge in [0, 0.05) is 11.6 Å². The molecule has 5 heteroatoms. The molecule has 0 radical (unpaired) electrons. The highest BCUT2D eigenvalue weighted by Crippen LogP contribution is 2.30. The number of aryl methyl sites for hydroxylation is 2. The maximum absolute atomic E-state index is 11.8. The fourth-order valence-corrected chi connectivity index (χ4v) is 3.40. The molecular formula is C19H19NO4. The number of carbonyl (C=O) groups is 1. The van der Waals surface area contributed by atoms with Crippen molar-refractivity contribution < 1.29 is 14.8 Å². The molecule has 2 aromatic carbocycles. The number of hydrogen-bond donors (Lipinski definition) is 1. The van der Waals surface area contributed by atoms with E-state index in [2.05, 4.69) is 0 Å². The van der Waals surface area contributed by atoms with Crippen LogP contribution in [0.3, 0.4) is 0 Å². The highest BCUT2D eigenvalue weighted by atomic mass is 16.6. The van der Waals surface area contributed by atoms with Crippen molar-refractivity contribution in [2.45, 2.75) is 38.0 Å². The van der Waals surface area contributed by atoms with Crippen molar-refractivity contribution in [1.29, 1.82) is 0 Å². The maximum atomic E-state index is 11.8. The molecule has 0 amide bonds. The Labute approximate surface area is 140 Å². The predicted octanol–water partition coefficient (Wildman–Crippen LogP) is 3.88. The van der Waals surface area contributed by atoms with Gasteiger partial charge in [-0.2, -0.15) is 0 Å². The van der Waals surface area contributed by atoms with Gasteiger partial charge in [0.05, 0.1) is 10.8 Å². The van der Waals surface area contributed by atoms with Crippen LogP contribution in [0.25, 0.3) is 0 Å². The van der Waals surface area contributed by atoms with Crippen molar-refractivity contribution in [3.63, 3.8) is 0 Å². The molecule has 124 valence electrons. The van der Waals surface area contributed by atoms with Crippen molar-refractivity contribution >= 4 is 11.7 Å². The first-order chi connectivity index (χ1) is 11.6. The highest BCUT2D eigenvalue weighted by molar-refractivity contribution is 5.77. The van der Waals surface area contributed by atoms with Crippen LogP contribution in [0.2, 0.25) is 0 Å². The van der Waals surface area contributed by atoms with Gasteiger partial charge in [0.1, 0.15) is 0 Å². The van der Waals surface area contributed by atoms with Gasteiger partial charge in [0.25, 0.3) is 5.69 Å². The Hall–Kier alpha value is -2.69. The lowest BCUT2D eigenvalue weighted by Gasteiger charge is -2.19. The van der Waals surface area contributed by atoms with Crippen molar-refractivity contribution in [3.8, 4) is 0 Å². The Kier molecular flexibility index (Phi) is 4.60. The number of hydrogen-bond acceptors (Lipinski definition) is 3. The Bertz CT molecular complexity index is 785. The van der Waals surface area contributed by atoms with Gasteiger partial charge in [-0.15, -0.1) is 0 Å². The van der Waals surface area contributed by atoms with Crippen molar-refractivity contribution in [1.82, 2.24) is 0 Å². The normalized spacial score (nSPS) is 14.7. The molecule has 1 aliphatic carbocycles. The number of benzene rings is 2. The maximum Gasteiger partial charge on any atom is 0.311 e. The van der Waals surface area contributed by atoms with E-state index in [1.54, 1.807) is 18.2 Å². The Morgan fingerprint density at radius 2 is 1.83 bits per heavy atom. The minimum atomic E-state index is -0.955. The second kappa shape index (κ2) is 6.83. The quantitative estimate of drug-likeness (QED) is 0.668. The van der Waals surface area contributed by atoms with Crippen molar-refractivity contribution in [2.75, 3.05) is 0 Å². The Morgan fingerprint density at radius 1 is 1.12 bits per heavy atom. The molecule has 0 saturated carbocycles. The molecule has 1 N–H and O–H groups in total. The summed E-state index contributed by atoms with van der Waals surface area (Å²) in [7, 11) is 0. The number of nitrogens with zero attached hydrogens (tertiary/aromatic N) is 1. The molecule has 1 atom stereocenters. The first-order valence-electron chi connectivity index (χ1n) is 8.13. The smallest absolute Gasteiger partial charge is 0.311 e. The summed E-state index contributed by atoms with van der Waals surface area (Å²) < 4.78 is 0. The summed E-state index contributed by atoms with van der Waals surface area (Å²) >= 11 is 0. The molecule has 0 heterocycles. The molecule has 24 heavy (non-hydrogen) atoms. The molecule has 0 aliphatic heterocycles. The summed E-state index contributed by atoms with van der Waals surface area (Å²) in [6, 6.07) is 12.2. The molecule has 0 aromatic heterocycles. The monoisotopic (exact) mass is 325 g/mol. The number of fused-ring (bicyclic) bond motifs is 1. The van der Waals surface area contributed by atoms with Gasteiger partial charge < -0.3 is 5.11 Å². The van der Waals surface area contributed by atoms with E-state index >= 15 is 0 Å². The van der Waals surface area contributed by atoms with Crippen LogP contribution in [0, 0.1) is 10.1 Å². The number of nitro groups is 1. The van der Waals surface area contributed by atoms with Crippen LogP contribution in [0.15, 0.2) is 42.5 Å². The van der Waals surface area contributed by atoms with Crippen LogP contribution in [0.1, 0.15) is 41.0 Å². The topological polar surface area (TPSA) is 80.4 Å². The molecule has 2 aromatic rings. The summed E-state index contributed by atoms with van der Waals surface area (Å²) in [6.07, 6.45) is 4.42. The van der Waals surface area contributed by atoms with E-state index in [0.29, 0.717) is 5.56 Å². The summed E-state index contributed by atoms with van der Waals surface area (Å²) in [5, 5.41) is 20.8. The lowest BCUT2D eigenvalue weighted by Crippen LogP contribution is -2.16. The number of carboxylic acid groups (broad SMARTS) is 1. The number of aliphatic carboxylic acids is 1. The molecule has 3 rings (SSSR count). The van der Waals surface area contributed by atoms with Crippen LogP contribution in [-0.4, -0.2) is 16.0 Å². The zero-order valence-corrected chi connectivity index (χ0v) is 13.3. The van der Waals surface area contributed by atoms with Crippen molar-refractivity contribution in [2.24, 2.45) is 0 Å². The van der Waals surface area contributed by atoms with Crippen LogP contribution < -0.4 is 0 Å². The third-order valence-electron chi connectivity index (χ3n) is 4.69. The number of nitro benzene ring substituents is 1. The fourth-order valence-electron chi connectivity index (χ4n) is 3.40. The summed E-state index contributed by atoms with van der Waals surface area (Å²) in [4.78, 5) is 22.5. The standard InChI is InChI=1S/C19H19NO4/c21-19(22)17(12-16-7-3-4-8-18(16)20(23)24)15-10-9-13-5-1-2-6-14(13)11-15/h3-4,7-11,17H,1-2,5-6,12H2,(H,21,22). The zero-order chi connectivity index (χ0) is 17.1. The second-order valence-electron chi connectivity index (χ2n) is 6.22. The first-order valence-corrected chi connectivity index (χ1v) is 8.13. The minimum absolute atomic E-state index is 0.0262. The summed E-state index contributed by atoms with van der Waals surface area (Å²) in [6.45, 7) is 0. The predicted molar refractivity (Wildman–Crippen MR) is 90.3 cm³/mol. The summed E-state index contributed by atoms with van der Waals surface area (Å²) in [5.41, 5.74) is 3.66. The molecule has 1 unspecified atom stereocenters. The number of carboxylic acids is 1. The van der Waals surface area contributed by atoms with E-state index in [4.69, 9.17) is 0 Å². The molecule has 0 spiro atoms. The molecular weight excluding hydrogens is 306 g/mol. The van der Waals surface area contributed by atoms with Gasteiger partial charge in [-0.05, 0) is 48.8 Å². The van der Waals surface area contributed by atoms with Gasteiger partial charge in [-0.3, -0.25) is 14.9 Å². The van der Waals surface area contributed by atoms with E-state index in [0.717, 1.165) is 24.8 Å². The lowest BCUT2D eigenvalue weighted by atomic mass is 9.85. The van der Waals surface area contributed by atoms with Gasteiger partial charge in [0.2, 0.25) is 0 Å². The SMILES string of the molecule is O=C(O)C(Cc1ccccc1[N+](=O)[O-])c1ccc2c(c1)CCCC2. The average Bonchev–Trinajstić information content (AvgIpc) is 2.59. The van der Waals surface area contributed by atoms with E-state index < -0.39 is 16.8 Å². The Balaban J connectivity index is 1.94. The average molecular weight is 325 g/mol. The Morgan fingerprint density at radius 3 is 2.54 bits per heavy atom. The van der Waals surface area contributed by atoms with Gasteiger partial charge in [0.15, 0.2) is 0 Å². The van der Waals surface area contributed by atoms with Crippen LogP contribution in [-0.2, 0) is 24.1 Å². The van der Waals surface area contributed by atoms with E-state index in [9.17, 15) is 20.0 Å². The highest BCUT2D eigenvalue weighted by Gasteiger charge is 2.25. The summed E-state index contributed by atoms with van der Waals surface area (Å²) in [5.74, 6) is -1.73. The second-order valence-corrected chi connectivity index (χ2v) is 6.22. The number of para-hydroxylation sites is 1. The third-order valence-corrected chi connectivity index (χ3v) is 4.69. The molecule has 0 saturated heterocycles. The van der Waals surface area contributed by atoms with Gasteiger partial charge in [-0.1, -0.05) is 36.4 Å². The number of rotatable bonds is 5. The largest absolute Gasteiger partial charge is 0.481 e. The van der Waals surface area contributed by atoms with E-state index in [1.165, 1.54) is 23.6 Å². The zero-order valence-electron chi connectivity index (χ0n) is 13.3. The van der Waals surface area contributed by atoms with E-state index in [1.807, 2.05) is 18.2 Å². The molecule has 0 bridgehead atoms. The lowest BCUT2D eigenvalue weighted by molar-refractivity contribution is -0.385. The van der Waals surface area contributed by atoms with Gasteiger partial charge in [-0.25, -0.2) is 0 Å².